The highest BCUT2D eigenvalue weighted by Gasteiger charge is 2.20. The maximum absolute atomic E-state index is 12.8. The van der Waals surface area contributed by atoms with E-state index in [1.165, 1.54) is 24.0 Å². The predicted molar refractivity (Wildman–Crippen MR) is 115 cm³/mol. The fraction of sp³-hybridized carbons (Fsp3) is 0.136. The lowest BCUT2D eigenvalue weighted by molar-refractivity contribution is 0.101. The van der Waals surface area contributed by atoms with Crippen molar-refractivity contribution in [3.63, 3.8) is 0 Å². The molecule has 0 saturated heterocycles. The summed E-state index contributed by atoms with van der Waals surface area (Å²) in [7, 11) is 1.52. The molecule has 0 saturated carbocycles. The van der Waals surface area contributed by atoms with Gasteiger partial charge in [0.25, 0.3) is 5.91 Å². The first-order chi connectivity index (χ1) is 14.0. The molecule has 1 N–H and O–H groups in total. The van der Waals surface area contributed by atoms with Gasteiger partial charge in [0.15, 0.2) is 16.6 Å². The van der Waals surface area contributed by atoms with E-state index in [4.69, 9.17) is 4.74 Å². The number of aryl methyl sites for hydroxylation is 2. The van der Waals surface area contributed by atoms with Crippen molar-refractivity contribution in [1.29, 1.82) is 0 Å². The number of thiazole rings is 1. The van der Waals surface area contributed by atoms with Crippen LogP contribution in [0.2, 0.25) is 0 Å². The van der Waals surface area contributed by atoms with Crippen molar-refractivity contribution in [2.75, 3.05) is 12.4 Å². The minimum absolute atomic E-state index is 0.209. The maximum atomic E-state index is 12.8. The van der Waals surface area contributed by atoms with Crippen molar-refractivity contribution in [2.24, 2.45) is 0 Å². The number of ether oxygens (including phenoxy) is 1. The van der Waals surface area contributed by atoms with E-state index in [2.05, 4.69) is 15.4 Å². The third kappa shape index (κ3) is 3.90. The van der Waals surface area contributed by atoms with Gasteiger partial charge in [-0.05, 0) is 26.0 Å². The van der Waals surface area contributed by atoms with Gasteiger partial charge >= 0.3 is 0 Å². The molecule has 29 heavy (non-hydrogen) atoms. The molecule has 0 unspecified atom stereocenters. The van der Waals surface area contributed by atoms with Gasteiger partial charge in [-0.15, -0.1) is 11.3 Å². The van der Waals surface area contributed by atoms with E-state index < -0.39 is 0 Å². The number of amides is 1. The molecule has 2 aromatic heterocycles. The summed E-state index contributed by atoms with van der Waals surface area (Å²) in [6.07, 6.45) is 1.69. The Balaban J connectivity index is 1.59. The Morgan fingerprint density at radius 1 is 1.07 bits per heavy atom. The Morgan fingerprint density at radius 2 is 1.79 bits per heavy atom. The number of benzene rings is 2. The number of hydrogen-bond acceptors (Lipinski definition) is 5. The van der Waals surface area contributed by atoms with Crippen LogP contribution in [0.1, 0.15) is 20.9 Å². The first-order valence-electron chi connectivity index (χ1n) is 9.10. The second kappa shape index (κ2) is 7.89. The van der Waals surface area contributed by atoms with Gasteiger partial charge in [0.2, 0.25) is 0 Å². The molecule has 0 aliphatic rings. The van der Waals surface area contributed by atoms with E-state index in [1.54, 1.807) is 10.9 Å². The third-order valence-corrected chi connectivity index (χ3v) is 5.36. The van der Waals surface area contributed by atoms with E-state index in [0.717, 1.165) is 21.8 Å². The molecule has 1 amide bonds. The van der Waals surface area contributed by atoms with Crippen LogP contribution in [-0.4, -0.2) is 27.8 Å². The minimum atomic E-state index is -0.360. The molecule has 146 valence electrons. The van der Waals surface area contributed by atoms with E-state index in [0.29, 0.717) is 10.9 Å². The molecule has 0 fully saturated rings. The van der Waals surface area contributed by atoms with Crippen molar-refractivity contribution in [2.45, 2.75) is 13.8 Å². The molecule has 4 aromatic rings. The summed E-state index contributed by atoms with van der Waals surface area (Å²) in [5.41, 5.74) is 4.14. The number of aromatic nitrogens is 3. The summed E-state index contributed by atoms with van der Waals surface area (Å²) < 4.78 is 6.98. The summed E-state index contributed by atoms with van der Waals surface area (Å²) in [6.45, 7) is 4.04. The SMILES string of the molecule is COc1cn(-c2ccccc2)nc1C(=O)Nc1nc(-c2ccc(C)cc2)c(C)s1. The van der Waals surface area contributed by atoms with Gasteiger partial charge in [-0.2, -0.15) is 5.10 Å². The third-order valence-electron chi connectivity index (χ3n) is 4.48. The van der Waals surface area contributed by atoms with Crippen LogP contribution in [0, 0.1) is 13.8 Å². The lowest BCUT2D eigenvalue weighted by Crippen LogP contribution is -2.14. The molecule has 0 radical (unpaired) electrons. The van der Waals surface area contributed by atoms with E-state index in [9.17, 15) is 4.79 Å². The van der Waals surface area contributed by atoms with Crippen molar-refractivity contribution in [3.05, 3.63) is 76.9 Å². The maximum Gasteiger partial charge on any atom is 0.281 e. The van der Waals surface area contributed by atoms with Crippen LogP contribution in [-0.2, 0) is 0 Å². The monoisotopic (exact) mass is 404 g/mol. The molecule has 2 aromatic carbocycles. The van der Waals surface area contributed by atoms with Gasteiger partial charge in [0.05, 0.1) is 24.7 Å². The Labute approximate surface area is 172 Å². The largest absolute Gasteiger partial charge is 0.493 e. The fourth-order valence-electron chi connectivity index (χ4n) is 2.96. The highest BCUT2D eigenvalue weighted by atomic mass is 32.1. The van der Waals surface area contributed by atoms with Crippen LogP contribution >= 0.6 is 11.3 Å². The number of methoxy groups -OCH3 is 1. The van der Waals surface area contributed by atoms with Gasteiger partial charge in [0.1, 0.15) is 0 Å². The number of rotatable bonds is 5. The van der Waals surface area contributed by atoms with Crippen LogP contribution in [0.3, 0.4) is 0 Å². The lowest BCUT2D eigenvalue weighted by Gasteiger charge is -2.01. The number of nitrogens with zero attached hydrogens (tertiary/aromatic N) is 3. The zero-order valence-corrected chi connectivity index (χ0v) is 17.2. The Hall–Kier alpha value is -3.45. The van der Waals surface area contributed by atoms with Crippen LogP contribution in [0.15, 0.2) is 60.8 Å². The van der Waals surface area contributed by atoms with Crippen LogP contribution in [0.5, 0.6) is 5.75 Å². The zero-order chi connectivity index (χ0) is 20.4. The molecule has 0 aliphatic heterocycles. The van der Waals surface area contributed by atoms with Gasteiger partial charge in [-0.25, -0.2) is 9.67 Å². The number of hydrogen-bond donors (Lipinski definition) is 1. The van der Waals surface area contributed by atoms with Crippen molar-refractivity contribution >= 4 is 22.4 Å². The minimum Gasteiger partial charge on any atom is -0.493 e. The predicted octanol–water partition coefficient (Wildman–Crippen LogP) is 4.87. The summed E-state index contributed by atoms with van der Waals surface area (Å²) in [4.78, 5) is 18.5. The molecule has 0 bridgehead atoms. The number of carbonyl (C=O) groups excluding carboxylic acids is 1. The zero-order valence-electron chi connectivity index (χ0n) is 16.3. The molecular weight excluding hydrogens is 384 g/mol. The molecule has 4 rings (SSSR count). The average Bonchev–Trinajstić information content (AvgIpc) is 3.33. The summed E-state index contributed by atoms with van der Waals surface area (Å²) >= 11 is 1.43. The molecule has 0 aliphatic carbocycles. The van der Waals surface area contributed by atoms with Gasteiger partial charge in [-0.3, -0.25) is 10.1 Å². The highest BCUT2D eigenvalue weighted by Crippen LogP contribution is 2.31. The molecule has 0 spiro atoms. The average molecular weight is 404 g/mol. The smallest absolute Gasteiger partial charge is 0.281 e. The summed E-state index contributed by atoms with van der Waals surface area (Å²) in [5, 5.41) is 7.78. The first kappa shape index (κ1) is 18.9. The van der Waals surface area contributed by atoms with Crippen molar-refractivity contribution < 1.29 is 9.53 Å². The molecule has 2 heterocycles. The van der Waals surface area contributed by atoms with E-state index >= 15 is 0 Å². The quantitative estimate of drug-likeness (QED) is 0.515. The van der Waals surface area contributed by atoms with Gasteiger partial charge in [0, 0.05) is 10.4 Å². The van der Waals surface area contributed by atoms with Gasteiger partial charge < -0.3 is 4.74 Å². The summed E-state index contributed by atoms with van der Waals surface area (Å²) in [5.74, 6) is 0.0409. The first-order valence-corrected chi connectivity index (χ1v) is 9.91. The van der Waals surface area contributed by atoms with Crippen LogP contribution in [0.25, 0.3) is 16.9 Å². The van der Waals surface area contributed by atoms with Crippen LogP contribution in [0.4, 0.5) is 5.13 Å². The molecule has 7 heteroatoms. The second-order valence-corrected chi connectivity index (χ2v) is 7.77. The number of para-hydroxylation sites is 1. The van der Waals surface area contributed by atoms with Gasteiger partial charge in [-0.1, -0.05) is 48.0 Å². The summed E-state index contributed by atoms with van der Waals surface area (Å²) in [6, 6.07) is 17.7. The Morgan fingerprint density at radius 3 is 2.48 bits per heavy atom. The second-order valence-electron chi connectivity index (χ2n) is 6.57. The Bertz CT molecular complexity index is 1150. The topological polar surface area (TPSA) is 69.0 Å². The fourth-order valence-corrected chi connectivity index (χ4v) is 3.79. The molecular formula is C22H20N4O2S. The molecule has 6 nitrogen and oxygen atoms in total. The van der Waals surface area contributed by atoms with E-state index in [1.807, 2.05) is 68.4 Å². The lowest BCUT2D eigenvalue weighted by atomic mass is 10.1. The number of anilines is 1. The van der Waals surface area contributed by atoms with Crippen LogP contribution < -0.4 is 10.1 Å². The number of nitrogens with one attached hydrogen (secondary N) is 1. The van der Waals surface area contributed by atoms with Crippen molar-refractivity contribution in [1.82, 2.24) is 14.8 Å². The normalized spacial score (nSPS) is 10.7. The number of carbonyl (C=O) groups is 1. The van der Waals surface area contributed by atoms with E-state index in [-0.39, 0.29) is 11.6 Å². The highest BCUT2D eigenvalue weighted by molar-refractivity contribution is 7.16. The Kier molecular flexibility index (Phi) is 5.14. The van der Waals surface area contributed by atoms with Crippen molar-refractivity contribution in [3.8, 4) is 22.7 Å². The standard InChI is InChI=1S/C22H20N4O2S/c1-14-9-11-16(12-10-14)19-15(2)29-22(23-19)24-21(27)20-18(28-3)13-26(25-20)17-7-5-4-6-8-17/h4-13H,1-3H3,(H,23,24,27). The molecule has 0 atom stereocenters.